The van der Waals surface area contributed by atoms with Gasteiger partial charge in [-0.2, -0.15) is 0 Å². The van der Waals surface area contributed by atoms with E-state index in [1.165, 1.54) is 0 Å². The largest absolute Gasteiger partial charge is 0.301 e. The van der Waals surface area contributed by atoms with E-state index in [9.17, 15) is 0 Å². The van der Waals surface area contributed by atoms with E-state index >= 15 is 0 Å². The van der Waals surface area contributed by atoms with Crippen LogP contribution in [0.3, 0.4) is 0 Å². The number of imidazole rings is 1. The highest BCUT2D eigenvalue weighted by atomic mass is 32.4. The van der Waals surface area contributed by atoms with Crippen LogP contribution in [0, 0.1) is 13.5 Å². The van der Waals surface area contributed by atoms with Crippen LogP contribution in [0.1, 0.15) is 5.82 Å². The summed E-state index contributed by atoms with van der Waals surface area (Å²) in [5, 5.41) is 0. The number of rotatable bonds is 1. The van der Waals surface area contributed by atoms with Crippen LogP contribution in [0.2, 0.25) is 0 Å². The van der Waals surface area contributed by atoms with Gasteiger partial charge in [-0.15, -0.1) is 0 Å². The van der Waals surface area contributed by atoms with Gasteiger partial charge in [0.15, 0.2) is 5.69 Å². The summed E-state index contributed by atoms with van der Waals surface area (Å²) in [7, 11) is 5.14. The van der Waals surface area contributed by atoms with E-state index in [1.807, 2.05) is 19.1 Å². The van der Waals surface area contributed by atoms with Crippen molar-refractivity contribution in [2.45, 2.75) is 6.92 Å². The molecule has 1 aromatic carbocycles. The van der Waals surface area contributed by atoms with Gasteiger partial charge < -0.3 is 4.34 Å². The van der Waals surface area contributed by atoms with Crippen LogP contribution >= 0.6 is 25.3 Å². The summed E-state index contributed by atoms with van der Waals surface area (Å²) >= 11 is 0. The molecule has 0 fully saturated rings. The standard InChI is InChI=1S/C9H10N3P3/c1-6-11-8-4-3-7(10-2)5-9(8)12(6)15(13)14/h3-5H,13-14H2,1H3. The molecule has 2 aromatic rings. The fourth-order valence-corrected chi connectivity index (χ4v) is 4.07. The van der Waals surface area contributed by atoms with E-state index in [2.05, 4.69) is 32.0 Å². The quantitative estimate of drug-likeness (QED) is 0.560. The van der Waals surface area contributed by atoms with Crippen molar-refractivity contribution < 1.29 is 0 Å². The molecule has 0 aliphatic carbocycles. The SMILES string of the molecule is [C-]#[N+]c1ccc2nc(C)n(P(P)P)c2c1. The second-order valence-electron chi connectivity index (χ2n) is 3.14. The summed E-state index contributed by atoms with van der Waals surface area (Å²) in [6.45, 7) is 8.98. The van der Waals surface area contributed by atoms with Crippen molar-refractivity contribution in [1.29, 1.82) is 0 Å². The highest BCUT2D eigenvalue weighted by Crippen LogP contribution is 2.56. The fourth-order valence-electron chi connectivity index (χ4n) is 1.53. The Morgan fingerprint density at radius 3 is 2.80 bits per heavy atom. The maximum Gasteiger partial charge on any atom is 0.189 e. The van der Waals surface area contributed by atoms with Gasteiger partial charge in [0.25, 0.3) is 0 Å². The smallest absolute Gasteiger partial charge is 0.189 e. The second kappa shape index (κ2) is 4.15. The van der Waals surface area contributed by atoms with Gasteiger partial charge in [0, 0.05) is 7.45 Å². The molecule has 2 rings (SSSR count). The van der Waals surface area contributed by atoms with E-state index in [1.54, 1.807) is 6.07 Å². The van der Waals surface area contributed by atoms with E-state index in [0.717, 1.165) is 16.9 Å². The van der Waals surface area contributed by atoms with Crippen LogP contribution in [0.25, 0.3) is 15.9 Å². The molecule has 15 heavy (non-hydrogen) atoms. The van der Waals surface area contributed by atoms with Gasteiger partial charge in [0.05, 0.1) is 17.6 Å². The van der Waals surface area contributed by atoms with Gasteiger partial charge in [-0.05, 0) is 19.1 Å². The van der Waals surface area contributed by atoms with Crippen molar-refractivity contribution in [2.75, 3.05) is 0 Å². The van der Waals surface area contributed by atoms with Crippen LogP contribution in [0.5, 0.6) is 0 Å². The van der Waals surface area contributed by atoms with Gasteiger partial charge in [-0.3, -0.25) is 0 Å². The lowest BCUT2D eigenvalue weighted by atomic mass is 10.3. The normalized spacial score (nSPS) is 10.9. The third-order valence-electron chi connectivity index (χ3n) is 2.14. The Morgan fingerprint density at radius 2 is 2.20 bits per heavy atom. The first-order valence-electron chi connectivity index (χ1n) is 4.30. The number of hydrogen-bond donors (Lipinski definition) is 0. The molecule has 2 unspecified atom stereocenters. The lowest BCUT2D eigenvalue weighted by Crippen LogP contribution is -1.86. The number of nitrogens with zero attached hydrogens (tertiary/aromatic N) is 3. The minimum atomic E-state index is -0.412. The fraction of sp³-hybridized carbons (Fsp3) is 0.111. The molecular weight excluding hydrogens is 243 g/mol. The number of aromatic nitrogens is 2. The van der Waals surface area contributed by atoms with E-state index in [-0.39, 0.29) is 0 Å². The average Bonchev–Trinajstić information content (AvgIpc) is 2.52. The van der Waals surface area contributed by atoms with Gasteiger partial charge in [-0.1, -0.05) is 23.9 Å². The minimum Gasteiger partial charge on any atom is -0.301 e. The molecule has 0 saturated carbocycles. The van der Waals surface area contributed by atoms with Crippen LogP contribution in [-0.4, -0.2) is 9.32 Å². The Hall–Kier alpha value is -0.530. The summed E-state index contributed by atoms with van der Waals surface area (Å²) in [4.78, 5) is 7.89. The minimum absolute atomic E-state index is 0.412. The van der Waals surface area contributed by atoms with Crippen LogP contribution < -0.4 is 0 Å². The molecule has 0 spiro atoms. The Balaban J connectivity index is 2.79. The maximum atomic E-state index is 6.99. The molecule has 0 bridgehead atoms. The Labute approximate surface area is 94.1 Å². The lowest BCUT2D eigenvalue weighted by Gasteiger charge is -2.09. The number of aryl methyl sites for hydroxylation is 1. The summed E-state index contributed by atoms with van der Waals surface area (Å²) < 4.78 is 2.15. The predicted molar refractivity (Wildman–Crippen MR) is 72.5 cm³/mol. The van der Waals surface area contributed by atoms with Crippen LogP contribution in [0.4, 0.5) is 5.69 Å². The Bertz CT molecular complexity index is 553. The van der Waals surface area contributed by atoms with Crippen molar-refractivity contribution in [2.24, 2.45) is 0 Å². The summed E-state index contributed by atoms with van der Waals surface area (Å²) in [5.41, 5.74) is 2.66. The third-order valence-corrected chi connectivity index (χ3v) is 4.49. The first-order chi connectivity index (χ1) is 7.13. The predicted octanol–water partition coefficient (Wildman–Crippen LogP) is 3.72. The molecule has 0 aliphatic heterocycles. The van der Waals surface area contributed by atoms with Crippen molar-refractivity contribution >= 4 is 42.0 Å². The van der Waals surface area contributed by atoms with Crippen molar-refractivity contribution in [3.8, 4) is 0 Å². The molecule has 0 N–H and O–H groups in total. The Morgan fingerprint density at radius 1 is 1.47 bits per heavy atom. The topological polar surface area (TPSA) is 22.2 Å². The van der Waals surface area contributed by atoms with Gasteiger partial charge in [-0.25, -0.2) is 9.83 Å². The molecule has 1 heterocycles. The Kier molecular flexibility index (Phi) is 3.03. The first-order valence-corrected chi connectivity index (χ1v) is 8.83. The maximum absolute atomic E-state index is 6.99. The zero-order valence-corrected chi connectivity index (χ0v) is 11.4. The molecule has 6 heteroatoms. The molecule has 0 saturated heterocycles. The number of benzene rings is 1. The first kappa shape index (κ1) is 11.0. The van der Waals surface area contributed by atoms with Crippen molar-refractivity contribution in [3.63, 3.8) is 0 Å². The molecule has 0 amide bonds. The third kappa shape index (κ3) is 1.91. The highest BCUT2D eigenvalue weighted by Gasteiger charge is 2.10. The zero-order chi connectivity index (χ0) is 11.0. The number of fused-ring (bicyclic) bond motifs is 1. The van der Waals surface area contributed by atoms with Crippen LogP contribution in [0.15, 0.2) is 18.2 Å². The molecule has 0 aliphatic rings. The molecule has 76 valence electrons. The van der Waals surface area contributed by atoms with Gasteiger partial charge in [0.1, 0.15) is 5.82 Å². The molecule has 3 nitrogen and oxygen atoms in total. The second-order valence-corrected chi connectivity index (χ2v) is 9.26. The van der Waals surface area contributed by atoms with E-state index in [0.29, 0.717) is 5.69 Å². The van der Waals surface area contributed by atoms with Gasteiger partial charge in [0.2, 0.25) is 0 Å². The number of hydrogen-bond acceptors (Lipinski definition) is 1. The lowest BCUT2D eigenvalue weighted by molar-refractivity contribution is 1.11. The van der Waals surface area contributed by atoms with Crippen molar-refractivity contribution in [1.82, 2.24) is 9.32 Å². The molecule has 2 atom stereocenters. The van der Waals surface area contributed by atoms with Gasteiger partial charge >= 0.3 is 0 Å². The summed E-state index contributed by atoms with van der Waals surface area (Å²) in [5.74, 6) is 0.989. The molecule has 1 aromatic heterocycles. The average molecular weight is 253 g/mol. The van der Waals surface area contributed by atoms with Crippen LogP contribution in [-0.2, 0) is 0 Å². The summed E-state index contributed by atoms with van der Waals surface area (Å²) in [6, 6.07) is 5.60. The van der Waals surface area contributed by atoms with E-state index < -0.39 is 7.45 Å². The molecule has 0 radical (unpaired) electrons. The monoisotopic (exact) mass is 253 g/mol. The molecular formula is C9H10N3P3. The van der Waals surface area contributed by atoms with E-state index in [4.69, 9.17) is 6.57 Å². The zero-order valence-electron chi connectivity index (χ0n) is 8.18. The summed E-state index contributed by atoms with van der Waals surface area (Å²) in [6.07, 6.45) is 0. The highest BCUT2D eigenvalue weighted by molar-refractivity contribution is 8.42. The van der Waals surface area contributed by atoms with Crippen molar-refractivity contribution in [3.05, 3.63) is 35.4 Å².